The van der Waals surface area contributed by atoms with Crippen molar-refractivity contribution in [2.75, 3.05) is 32.7 Å². The second-order valence-corrected chi connectivity index (χ2v) is 16.4. The summed E-state index contributed by atoms with van der Waals surface area (Å²) in [5.74, 6) is 3.97. The summed E-state index contributed by atoms with van der Waals surface area (Å²) >= 11 is 8.25. The number of alkyl halides is 2. The minimum absolute atomic E-state index is 0. The highest BCUT2D eigenvalue weighted by Crippen LogP contribution is 2.45. The number of likely N-dealkylation sites (tertiary alicyclic amines) is 1. The van der Waals surface area contributed by atoms with Gasteiger partial charge in [0.25, 0.3) is 0 Å². The molecule has 45 heavy (non-hydrogen) atoms. The topological polar surface area (TPSA) is 216 Å². The molecule has 0 amide bonds. The molecular weight excluding hydrogens is 621 g/mol. The van der Waals surface area contributed by atoms with Gasteiger partial charge in [0.2, 0.25) is 0 Å². The van der Waals surface area contributed by atoms with Crippen LogP contribution in [0.5, 0.6) is 0 Å². The average Bonchev–Trinajstić information content (AvgIpc) is 2.87. The van der Waals surface area contributed by atoms with Gasteiger partial charge in [-0.1, -0.05) is 53.5 Å². The molecule has 1 aliphatic heterocycles. The fraction of sp³-hybridized carbons (Fsp3) is 1.00. The lowest BCUT2D eigenvalue weighted by Crippen LogP contribution is -2.53. The predicted molar refractivity (Wildman–Crippen MR) is 193 cm³/mol. The van der Waals surface area contributed by atoms with Crippen LogP contribution >= 0.6 is 23.5 Å². The number of piperidine rings is 1. The summed E-state index contributed by atoms with van der Waals surface area (Å²) in [7, 11) is 0. The quantitative estimate of drug-likeness (QED) is 0.244. The van der Waals surface area contributed by atoms with Gasteiger partial charge >= 0.3 is 0 Å². The second kappa shape index (κ2) is 25.2. The maximum absolute atomic E-state index is 13.7. The van der Waals surface area contributed by atoms with Gasteiger partial charge in [0.05, 0.1) is 0 Å². The third kappa shape index (κ3) is 16.4. The summed E-state index contributed by atoms with van der Waals surface area (Å²) in [4.78, 5) is 2.78. The van der Waals surface area contributed by atoms with E-state index in [9.17, 15) is 4.39 Å². The van der Waals surface area contributed by atoms with Gasteiger partial charge in [0, 0.05) is 36.3 Å². The van der Waals surface area contributed by atoms with Crippen LogP contribution in [0.3, 0.4) is 0 Å². The molecule has 1 saturated heterocycles. The zero-order chi connectivity index (χ0) is 27.1. The van der Waals surface area contributed by atoms with Crippen molar-refractivity contribution in [1.29, 1.82) is 0 Å². The molecule has 0 aromatic rings. The lowest BCUT2D eigenvalue weighted by Gasteiger charge is -2.49. The molecule has 3 saturated carbocycles. The molecule has 14 N–H and O–H groups in total. The summed E-state index contributed by atoms with van der Waals surface area (Å²) in [6.45, 7) is 15.8. The van der Waals surface area contributed by atoms with Crippen molar-refractivity contribution in [3.63, 3.8) is 0 Å². The summed E-state index contributed by atoms with van der Waals surface area (Å²) in [5, 5.41) is 4.95. The molecule has 4 fully saturated rings. The molecule has 4 aliphatic rings. The highest BCUT2D eigenvalue weighted by Gasteiger charge is 2.41. The number of hydrogen-bond donors (Lipinski definition) is 2. The minimum atomic E-state index is -0.573. The molecule has 0 aromatic heterocycles. The Kier molecular flexibility index (Phi) is 29.2. The predicted octanol–water partition coefficient (Wildman–Crippen LogP) is 3.76. The van der Waals surface area contributed by atoms with Crippen molar-refractivity contribution < 1.29 is 37.2 Å². The van der Waals surface area contributed by atoms with E-state index in [1.54, 1.807) is 0 Å². The van der Waals surface area contributed by atoms with E-state index < -0.39 is 6.17 Å². The molecule has 278 valence electrons. The summed E-state index contributed by atoms with van der Waals surface area (Å²) < 4.78 is 17.4. The molecule has 6 atom stereocenters. The lowest BCUT2D eigenvalue weighted by molar-refractivity contribution is 0.00453. The van der Waals surface area contributed by atoms with Crippen molar-refractivity contribution in [1.82, 2.24) is 14.9 Å². The molecular formula is C33H75ClFN3O6S. The Morgan fingerprint density at radius 2 is 1.42 bits per heavy atom. The Bertz CT molecular complexity index is 711. The number of nitrogens with one attached hydrogen (secondary N) is 2. The second-order valence-electron chi connectivity index (χ2n) is 14.6. The first kappa shape index (κ1) is 52.0. The molecule has 0 bridgehead atoms. The monoisotopic (exact) mass is 696 g/mol. The average molecular weight is 696 g/mol. The van der Waals surface area contributed by atoms with Gasteiger partial charge in [-0.3, -0.25) is 4.72 Å². The van der Waals surface area contributed by atoms with E-state index in [4.69, 9.17) is 11.6 Å². The molecule has 12 heteroatoms. The standard InChI is InChI=1S/C32H59ClFN3S.CH4.6H2O/c1-23(2)31(21-37-16-15-30(32(3,4)22-37)26-11-13-27(33)14-12-26)35-19-24-7-5-8-25(17-24)20-36-38-29-10-6-9-28(34)18-29;;;;;;;/h23-31,35-36H,5-22H2,1-4H3;1H4;6*1H2/t24?,25?,26?,27?,28?,29?,30-,31+;;;;;;;/m1......./s1. The van der Waals surface area contributed by atoms with Gasteiger partial charge in [-0.15, -0.1) is 11.6 Å². The van der Waals surface area contributed by atoms with Crippen molar-refractivity contribution >= 4 is 23.5 Å². The van der Waals surface area contributed by atoms with E-state index in [2.05, 4.69) is 42.6 Å². The van der Waals surface area contributed by atoms with Crippen LogP contribution in [0.25, 0.3) is 0 Å². The largest absolute Gasteiger partial charge is 0.412 e. The van der Waals surface area contributed by atoms with E-state index in [1.807, 2.05) is 11.9 Å². The van der Waals surface area contributed by atoms with E-state index in [1.165, 1.54) is 90.4 Å². The normalized spacial score (nSPS) is 31.9. The molecule has 3 aliphatic carbocycles. The van der Waals surface area contributed by atoms with Gasteiger partial charge in [-0.05, 0) is 125 Å². The molecule has 0 radical (unpaired) electrons. The minimum Gasteiger partial charge on any atom is -0.412 e. The van der Waals surface area contributed by atoms with Gasteiger partial charge < -0.3 is 43.1 Å². The first-order chi connectivity index (χ1) is 18.2. The fourth-order valence-electron chi connectivity index (χ4n) is 8.35. The maximum Gasteiger partial charge on any atom is 0.101 e. The molecule has 4 rings (SSSR count). The van der Waals surface area contributed by atoms with Crippen LogP contribution in [0.1, 0.15) is 119 Å². The van der Waals surface area contributed by atoms with Crippen LogP contribution in [-0.2, 0) is 0 Å². The van der Waals surface area contributed by atoms with Crippen LogP contribution in [0.15, 0.2) is 0 Å². The van der Waals surface area contributed by atoms with E-state index in [0.717, 1.165) is 49.5 Å². The Hall–Kier alpha value is 0.210. The Labute approximate surface area is 284 Å². The smallest absolute Gasteiger partial charge is 0.101 e. The van der Waals surface area contributed by atoms with Crippen molar-refractivity contribution in [2.24, 2.45) is 35.0 Å². The van der Waals surface area contributed by atoms with Crippen LogP contribution in [0.4, 0.5) is 4.39 Å². The number of nitrogens with zero attached hydrogens (tertiary/aromatic N) is 1. The number of rotatable bonds is 11. The Morgan fingerprint density at radius 3 is 2.00 bits per heavy atom. The zero-order valence-corrected chi connectivity index (χ0v) is 29.6. The number of halogens is 2. The first-order valence-electron chi connectivity index (χ1n) is 16.3. The summed E-state index contributed by atoms with van der Waals surface area (Å²) in [6.07, 6.45) is 15.1. The highest BCUT2D eigenvalue weighted by atomic mass is 35.5. The van der Waals surface area contributed by atoms with Crippen LogP contribution in [0, 0.1) is 35.0 Å². The molecule has 9 nitrogen and oxygen atoms in total. The Balaban J connectivity index is -0.00000120. The van der Waals surface area contributed by atoms with Crippen molar-refractivity contribution in [3.05, 3.63) is 0 Å². The van der Waals surface area contributed by atoms with Gasteiger partial charge in [0.1, 0.15) is 6.17 Å². The van der Waals surface area contributed by atoms with Crippen molar-refractivity contribution in [3.8, 4) is 0 Å². The summed E-state index contributed by atoms with van der Waals surface area (Å²) in [6, 6.07) is 0.572. The third-order valence-corrected chi connectivity index (χ3v) is 12.2. The van der Waals surface area contributed by atoms with E-state index in [0.29, 0.717) is 28.0 Å². The lowest BCUT2D eigenvalue weighted by atomic mass is 9.64. The van der Waals surface area contributed by atoms with Gasteiger partial charge in [-0.2, -0.15) is 0 Å². The van der Waals surface area contributed by atoms with Gasteiger partial charge in [0.15, 0.2) is 0 Å². The summed E-state index contributed by atoms with van der Waals surface area (Å²) in [5.41, 5.74) is 0.397. The fourth-order valence-corrected chi connectivity index (χ4v) is 9.76. The molecule has 4 unspecified atom stereocenters. The van der Waals surface area contributed by atoms with Crippen LogP contribution < -0.4 is 10.0 Å². The molecule has 0 spiro atoms. The maximum atomic E-state index is 13.7. The zero-order valence-electron chi connectivity index (χ0n) is 28.0. The highest BCUT2D eigenvalue weighted by molar-refractivity contribution is 7.98. The molecule has 1 heterocycles. The van der Waals surface area contributed by atoms with Gasteiger partial charge in [-0.25, -0.2) is 4.39 Å². The Morgan fingerprint density at radius 1 is 0.822 bits per heavy atom. The van der Waals surface area contributed by atoms with Crippen LogP contribution in [-0.4, -0.2) is 93.3 Å². The van der Waals surface area contributed by atoms with Crippen molar-refractivity contribution in [2.45, 2.75) is 141 Å². The van der Waals surface area contributed by atoms with E-state index >= 15 is 0 Å². The number of hydrogen-bond acceptors (Lipinski definition) is 4. The van der Waals surface area contributed by atoms with E-state index in [-0.39, 0.29) is 40.3 Å². The third-order valence-electron chi connectivity index (χ3n) is 10.7. The SMILES string of the molecule is C.CC(C)[C@H](CN1CC[C@H](C2CCC(Cl)CC2)C(C)(C)C1)NCC1CCCC(CNSC2CCCC(F)C2)C1.O.O.O.O.O.O. The molecule has 0 aromatic carbocycles. The first-order valence-corrected chi connectivity index (χ1v) is 17.6. The van der Waals surface area contributed by atoms with Crippen LogP contribution in [0.2, 0.25) is 0 Å².